The van der Waals surface area contributed by atoms with E-state index in [0.717, 1.165) is 0 Å². The zero-order valence-electron chi connectivity index (χ0n) is 10.7. The molecule has 0 fully saturated rings. The van der Waals surface area contributed by atoms with E-state index in [-0.39, 0.29) is 48.3 Å². The predicted molar refractivity (Wildman–Crippen MR) is 62.5 cm³/mol. The van der Waals surface area contributed by atoms with Gasteiger partial charge in [-0.2, -0.15) is 0 Å². The van der Waals surface area contributed by atoms with Crippen molar-refractivity contribution in [3.63, 3.8) is 0 Å². The Hall–Kier alpha value is -0.670. The van der Waals surface area contributed by atoms with E-state index in [1.54, 1.807) is 6.92 Å². The topological polar surface area (TPSA) is 110 Å². The van der Waals surface area contributed by atoms with Crippen molar-refractivity contribution in [2.24, 2.45) is 0 Å². The molecule has 0 heterocycles. The van der Waals surface area contributed by atoms with Gasteiger partial charge in [-0.15, -0.1) is 0 Å². The number of nitro benzene ring substituents is 1. The maximum absolute atomic E-state index is 10.6. The van der Waals surface area contributed by atoms with Crippen LogP contribution < -0.4 is 34.3 Å². The van der Waals surface area contributed by atoms with Crippen molar-refractivity contribution < 1.29 is 52.2 Å². The van der Waals surface area contributed by atoms with Gasteiger partial charge >= 0.3 is 29.6 Å². The molecular formula is C10H12NNaO6S. The molecule has 0 radical (unpaired) electrons. The molecule has 0 spiro atoms. The second kappa shape index (κ2) is 7.81. The fourth-order valence-corrected chi connectivity index (χ4v) is 1.82. The predicted octanol–water partition coefficient (Wildman–Crippen LogP) is -1.78. The molecule has 0 bridgehead atoms. The molecule has 100 valence electrons. The minimum atomic E-state index is -4.22. The molecule has 0 saturated heterocycles. The Labute approximate surface area is 133 Å². The van der Waals surface area contributed by atoms with Crippen LogP contribution in [0.2, 0.25) is 0 Å². The maximum atomic E-state index is 10.6. The van der Waals surface area contributed by atoms with Crippen LogP contribution in [0.5, 0.6) is 5.75 Å². The Morgan fingerprint density at radius 1 is 1.37 bits per heavy atom. The second-order valence-corrected chi connectivity index (χ2v) is 5.19. The third-order valence-electron chi connectivity index (χ3n) is 2.17. The first kappa shape index (κ1) is 18.3. The minimum Gasteiger partial charge on any atom is -0.748 e. The zero-order valence-corrected chi connectivity index (χ0v) is 13.5. The Kier molecular flexibility index (Phi) is 7.53. The average Bonchev–Trinajstić information content (AvgIpc) is 2.22. The SMILES string of the molecule is Cc1cc(OCCCS(=O)(=O)[O-])ccc1[N+](=O)[O-].[Na+]. The number of ether oxygens (including phenoxy) is 1. The molecule has 0 amide bonds. The van der Waals surface area contributed by atoms with Gasteiger partial charge in [-0.25, -0.2) is 8.42 Å². The first-order valence-electron chi connectivity index (χ1n) is 5.11. The van der Waals surface area contributed by atoms with Crippen molar-refractivity contribution in [3.05, 3.63) is 33.9 Å². The van der Waals surface area contributed by atoms with Crippen LogP contribution in [0.15, 0.2) is 18.2 Å². The quantitative estimate of drug-likeness (QED) is 0.202. The fraction of sp³-hybridized carbons (Fsp3) is 0.400. The van der Waals surface area contributed by atoms with E-state index in [2.05, 4.69) is 0 Å². The van der Waals surface area contributed by atoms with Gasteiger partial charge in [-0.1, -0.05) is 0 Å². The van der Waals surface area contributed by atoms with Gasteiger partial charge in [0.05, 0.1) is 21.6 Å². The summed E-state index contributed by atoms with van der Waals surface area (Å²) >= 11 is 0. The molecular weight excluding hydrogens is 285 g/mol. The van der Waals surface area contributed by atoms with E-state index in [4.69, 9.17) is 4.74 Å². The van der Waals surface area contributed by atoms with Crippen molar-refractivity contribution in [2.45, 2.75) is 13.3 Å². The Morgan fingerprint density at radius 2 is 2.00 bits per heavy atom. The summed E-state index contributed by atoms with van der Waals surface area (Å²) in [6.07, 6.45) is 0.0852. The van der Waals surface area contributed by atoms with Gasteiger partial charge in [0.1, 0.15) is 5.75 Å². The fourth-order valence-electron chi connectivity index (χ4n) is 1.35. The molecule has 0 aliphatic heterocycles. The standard InChI is InChI=1S/C10H13NO6S.Na/c1-8-7-9(3-4-10(8)11(12)13)17-5-2-6-18(14,15)16;/h3-4,7H,2,5-6H2,1H3,(H,14,15,16);/q;+1/p-1. The third kappa shape index (κ3) is 6.88. The minimum absolute atomic E-state index is 0. The van der Waals surface area contributed by atoms with Gasteiger partial charge < -0.3 is 9.29 Å². The normalized spacial score (nSPS) is 10.6. The van der Waals surface area contributed by atoms with E-state index in [1.807, 2.05) is 0 Å². The molecule has 9 heteroatoms. The summed E-state index contributed by atoms with van der Waals surface area (Å²) in [4.78, 5) is 10.1. The maximum Gasteiger partial charge on any atom is 1.00 e. The Balaban J connectivity index is 0.00000324. The van der Waals surface area contributed by atoms with Crippen LogP contribution >= 0.6 is 0 Å². The first-order chi connectivity index (χ1) is 8.29. The third-order valence-corrected chi connectivity index (χ3v) is 2.96. The van der Waals surface area contributed by atoms with Gasteiger partial charge in [0.25, 0.3) is 5.69 Å². The molecule has 0 aromatic heterocycles. The molecule has 1 aromatic carbocycles. The van der Waals surface area contributed by atoms with Crippen molar-refractivity contribution in [2.75, 3.05) is 12.4 Å². The van der Waals surface area contributed by atoms with Crippen LogP contribution in [-0.2, 0) is 10.1 Å². The van der Waals surface area contributed by atoms with E-state index < -0.39 is 20.8 Å². The number of hydrogen-bond donors (Lipinski definition) is 0. The molecule has 0 unspecified atom stereocenters. The van der Waals surface area contributed by atoms with Gasteiger partial charge in [-0.05, 0) is 25.5 Å². The van der Waals surface area contributed by atoms with E-state index in [1.165, 1.54) is 18.2 Å². The number of aryl methyl sites for hydroxylation is 1. The molecule has 19 heavy (non-hydrogen) atoms. The monoisotopic (exact) mass is 297 g/mol. The van der Waals surface area contributed by atoms with Gasteiger partial charge in [0, 0.05) is 17.4 Å². The van der Waals surface area contributed by atoms with Crippen LogP contribution in [-0.4, -0.2) is 30.3 Å². The van der Waals surface area contributed by atoms with Gasteiger partial charge in [-0.3, -0.25) is 10.1 Å². The summed E-state index contributed by atoms with van der Waals surface area (Å²) in [6.45, 7) is 1.64. The summed E-state index contributed by atoms with van der Waals surface area (Å²) in [5.74, 6) is -0.0831. The molecule has 0 saturated carbocycles. The van der Waals surface area contributed by atoms with Crippen molar-refractivity contribution in [1.82, 2.24) is 0 Å². The van der Waals surface area contributed by atoms with Gasteiger partial charge in [0.2, 0.25) is 0 Å². The molecule has 7 nitrogen and oxygen atoms in total. The summed E-state index contributed by atoms with van der Waals surface area (Å²) < 4.78 is 36.2. The number of benzene rings is 1. The number of rotatable bonds is 6. The van der Waals surface area contributed by atoms with Crippen molar-refractivity contribution >= 4 is 15.8 Å². The Morgan fingerprint density at radius 3 is 2.47 bits per heavy atom. The molecule has 0 N–H and O–H groups in total. The second-order valence-electron chi connectivity index (χ2n) is 3.67. The smallest absolute Gasteiger partial charge is 0.748 e. The summed E-state index contributed by atoms with van der Waals surface area (Å²) in [5, 5.41) is 10.6. The molecule has 1 aromatic rings. The van der Waals surface area contributed by atoms with E-state index in [9.17, 15) is 23.1 Å². The van der Waals surface area contributed by atoms with Crippen LogP contribution in [0.3, 0.4) is 0 Å². The Bertz CT molecular complexity index is 545. The van der Waals surface area contributed by atoms with Crippen molar-refractivity contribution in [1.29, 1.82) is 0 Å². The molecule has 0 aliphatic carbocycles. The number of hydrogen-bond acceptors (Lipinski definition) is 6. The zero-order chi connectivity index (χ0) is 13.8. The summed E-state index contributed by atoms with van der Waals surface area (Å²) in [7, 11) is -4.22. The summed E-state index contributed by atoms with van der Waals surface area (Å²) in [6, 6.07) is 4.23. The van der Waals surface area contributed by atoms with Crippen LogP contribution in [0.25, 0.3) is 0 Å². The van der Waals surface area contributed by atoms with Crippen LogP contribution in [0.4, 0.5) is 5.69 Å². The van der Waals surface area contributed by atoms with Crippen LogP contribution in [0, 0.1) is 17.0 Å². The molecule has 1 rings (SSSR count). The van der Waals surface area contributed by atoms with Gasteiger partial charge in [0.15, 0.2) is 0 Å². The van der Waals surface area contributed by atoms with Crippen LogP contribution in [0.1, 0.15) is 12.0 Å². The molecule has 0 atom stereocenters. The number of nitro groups is 1. The van der Waals surface area contributed by atoms with E-state index >= 15 is 0 Å². The molecule has 0 aliphatic rings. The first-order valence-corrected chi connectivity index (χ1v) is 6.69. The van der Waals surface area contributed by atoms with E-state index in [0.29, 0.717) is 11.3 Å². The average molecular weight is 297 g/mol. The van der Waals surface area contributed by atoms with Crippen molar-refractivity contribution in [3.8, 4) is 5.75 Å². The summed E-state index contributed by atoms with van der Waals surface area (Å²) in [5.41, 5.74) is 0.443. The largest absolute Gasteiger partial charge is 1.00 e. The number of nitrogens with zero attached hydrogens (tertiary/aromatic N) is 1.